The summed E-state index contributed by atoms with van der Waals surface area (Å²) in [6, 6.07) is 24.8. The summed E-state index contributed by atoms with van der Waals surface area (Å²) < 4.78 is 5.33. The zero-order valence-electron chi connectivity index (χ0n) is 20.9. The van der Waals surface area contributed by atoms with Crippen molar-refractivity contribution in [2.45, 2.75) is 32.2 Å². The summed E-state index contributed by atoms with van der Waals surface area (Å²) in [5.41, 5.74) is 3.07. The van der Waals surface area contributed by atoms with Gasteiger partial charge in [-0.1, -0.05) is 85.8 Å². The Bertz CT molecular complexity index is 1330. The zero-order valence-corrected chi connectivity index (χ0v) is 20.9. The van der Waals surface area contributed by atoms with Crippen molar-refractivity contribution < 1.29 is 23.9 Å². The fourth-order valence-corrected chi connectivity index (χ4v) is 4.02. The van der Waals surface area contributed by atoms with E-state index in [0.717, 1.165) is 11.1 Å². The number of hydrogen-bond donors (Lipinski definition) is 2. The van der Waals surface area contributed by atoms with E-state index in [2.05, 4.69) is 15.6 Å². The van der Waals surface area contributed by atoms with Gasteiger partial charge >= 0.3 is 6.09 Å². The number of benzodiazepines with no additional fused rings is 1. The van der Waals surface area contributed by atoms with Crippen molar-refractivity contribution in [1.29, 1.82) is 0 Å². The lowest BCUT2D eigenvalue weighted by Crippen LogP contribution is -2.51. The van der Waals surface area contributed by atoms with Crippen molar-refractivity contribution in [1.82, 2.24) is 10.6 Å². The monoisotopic (exact) mass is 512 g/mol. The molecule has 0 saturated heterocycles. The number of carbonyl (C=O) groups excluding carboxylic acids is 4. The minimum Gasteiger partial charge on any atom is -0.445 e. The van der Waals surface area contributed by atoms with E-state index < -0.39 is 30.1 Å². The fourth-order valence-electron chi connectivity index (χ4n) is 4.02. The highest BCUT2D eigenvalue weighted by molar-refractivity contribution is 6.20. The van der Waals surface area contributed by atoms with Crippen molar-refractivity contribution in [2.75, 3.05) is 11.4 Å². The van der Waals surface area contributed by atoms with E-state index in [1.54, 1.807) is 31.2 Å². The van der Waals surface area contributed by atoms with Gasteiger partial charge in [-0.3, -0.25) is 19.8 Å². The third-order valence-corrected chi connectivity index (χ3v) is 5.97. The van der Waals surface area contributed by atoms with Crippen LogP contribution in [0, 0.1) is 0 Å². The second-order valence-corrected chi connectivity index (χ2v) is 8.61. The van der Waals surface area contributed by atoms with Crippen LogP contribution in [0.15, 0.2) is 89.9 Å². The number of aldehydes is 1. The summed E-state index contributed by atoms with van der Waals surface area (Å²) in [6.45, 7) is 1.42. The number of nitrogens with zero attached hydrogens (tertiary/aromatic N) is 2. The summed E-state index contributed by atoms with van der Waals surface area (Å²) in [5, 5.41) is 5.17. The number of hydrogen-bond acceptors (Lipinski definition) is 6. The predicted molar refractivity (Wildman–Crippen MR) is 143 cm³/mol. The number of para-hydroxylation sites is 1. The van der Waals surface area contributed by atoms with Gasteiger partial charge in [-0.05, 0) is 18.1 Å². The topological polar surface area (TPSA) is 117 Å². The van der Waals surface area contributed by atoms with E-state index in [1.165, 1.54) is 4.90 Å². The van der Waals surface area contributed by atoms with E-state index in [9.17, 15) is 19.2 Å². The van der Waals surface area contributed by atoms with Crippen LogP contribution >= 0.6 is 0 Å². The van der Waals surface area contributed by atoms with Crippen LogP contribution in [-0.2, 0) is 25.7 Å². The molecule has 0 fully saturated rings. The number of anilines is 1. The summed E-state index contributed by atoms with van der Waals surface area (Å²) in [4.78, 5) is 56.5. The number of aliphatic imine (C=N–C) groups is 1. The van der Waals surface area contributed by atoms with Crippen LogP contribution in [0.4, 0.5) is 10.5 Å². The molecule has 0 saturated carbocycles. The Hall–Kier alpha value is -4.79. The Morgan fingerprint density at radius 3 is 2.34 bits per heavy atom. The van der Waals surface area contributed by atoms with Gasteiger partial charge in [-0.15, -0.1) is 0 Å². The molecule has 1 unspecified atom stereocenters. The number of fused-ring (bicyclic) bond motifs is 1. The Kier molecular flexibility index (Phi) is 8.61. The molecule has 194 valence electrons. The molecule has 0 aromatic heterocycles. The summed E-state index contributed by atoms with van der Waals surface area (Å²) in [7, 11) is 0. The summed E-state index contributed by atoms with van der Waals surface area (Å²) in [6.07, 6.45) is -1.12. The molecule has 3 amide bonds. The highest BCUT2D eigenvalue weighted by Crippen LogP contribution is 2.28. The molecule has 9 heteroatoms. The third-order valence-electron chi connectivity index (χ3n) is 5.97. The van der Waals surface area contributed by atoms with Gasteiger partial charge in [0.15, 0.2) is 0 Å². The van der Waals surface area contributed by atoms with Gasteiger partial charge in [0.25, 0.3) is 5.91 Å². The van der Waals surface area contributed by atoms with E-state index >= 15 is 0 Å². The Balaban J connectivity index is 1.67. The first-order chi connectivity index (χ1) is 18.5. The number of rotatable bonds is 9. The van der Waals surface area contributed by atoms with Crippen molar-refractivity contribution in [2.24, 2.45) is 4.99 Å². The summed E-state index contributed by atoms with van der Waals surface area (Å²) >= 11 is 0. The SMILES string of the molecule is CC[C@@H](C=O)NC(=O)CN1C(=O)C(NC(=O)OCc2ccccc2)N=C(c2ccccc2)c2ccccc21. The van der Waals surface area contributed by atoms with Crippen LogP contribution in [0.3, 0.4) is 0 Å². The first-order valence-corrected chi connectivity index (χ1v) is 12.3. The highest BCUT2D eigenvalue weighted by Gasteiger charge is 2.34. The van der Waals surface area contributed by atoms with E-state index in [4.69, 9.17) is 4.74 Å². The van der Waals surface area contributed by atoms with Crippen molar-refractivity contribution in [3.05, 3.63) is 102 Å². The number of benzene rings is 3. The lowest BCUT2D eigenvalue weighted by molar-refractivity contribution is -0.125. The number of alkyl carbamates (subject to hydrolysis) is 1. The van der Waals surface area contributed by atoms with Gasteiger partial charge in [-0.2, -0.15) is 0 Å². The molecular weight excluding hydrogens is 484 g/mol. The van der Waals surface area contributed by atoms with Crippen LogP contribution in [0.25, 0.3) is 0 Å². The average molecular weight is 513 g/mol. The largest absolute Gasteiger partial charge is 0.445 e. The molecule has 9 nitrogen and oxygen atoms in total. The highest BCUT2D eigenvalue weighted by atomic mass is 16.5. The molecule has 2 N–H and O–H groups in total. The molecule has 0 radical (unpaired) electrons. The Labute approximate surface area is 220 Å². The molecule has 1 aliphatic heterocycles. The Morgan fingerprint density at radius 1 is 1.00 bits per heavy atom. The van der Waals surface area contributed by atoms with Crippen LogP contribution < -0.4 is 15.5 Å². The molecular formula is C29H28N4O5. The van der Waals surface area contributed by atoms with Gasteiger partial charge in [-0.25, -0.2) is 9.79 Å². The van der Waals surface area contributed by atoms with Gasteiger partial charge < -0.3 is 14.8 Å². The molecule has 2 atom stereocenters. The maximum Gasteiger partial charge on any atom is 0.409 e. The van der Waals surface area contributed by atoms with Crippen LogP contribution in [-0.4, -0.2) is 48.7 Å². The average Bonchev–Trinajstić information content (AvgIpc) is 3.06. The minimum absolute atomic E-state index is 0.0132. The number of ether oxygens (including phenoxy) is 1. The molecule has 3 aromatic rings. The van der Waals surface area contributed by atoms with Crippen LogP contribution in [0.2, 0.25) is 0 Å². The summed E-state index contributed by atoms with van der Waals surface area (Å²) in [5.74, 6) is -1.13. The van der Waals surface area contributed by atoms with E-state index in [1.807, 2.05) is 60.7 Å². The molecule has 3 aromatic carbocycles. The first kappa shape index (κ1) is 26.3. The van der Waals surface area contributed by atoms with E-state index in [-0.39, 0.29) is 13.2 Å². The molecule has 0 spiro atoms. The molecule has 38 heavy (non-hydrogen) atoms. The lowest BCUT2D eigenvalue weighted by Gasteiger charge is -2.25. The van der Waals surface area contributed by atoms with E-state index in [0.29, 0.717) is 29.7 Å². The molecule has 1 heterocycles. The third kappa shape index (κ3) is 6.31. The fraction of sp³-hybridized carbons (Fsp3) is 0.207. The van der Waals surface area contributed by atoms with Crippen LogP contribution in [0.1, 0.15) is 30.0 Å². The van der Waals surface area contributed by atoms with Crippen LogP contribution in [0.5, 0.6) is 0 Å². The van der Waals surface area contributed by atoms with Gasteiger partial charge in [0.05, 0.1) is 17.4 Å². The van der Waals surface area contributed by atoms with Gasteiger partial charge in [0.2, 0.25) is 12.1 Å². The van der Waals surface area contributed by atoms with Crippen molar-refractivity contribution in [3.63, 3.8) is 0 Å². The second-order valence-electron chi connectivity index (χ2n) is 8.61. The maximum absolute atomic E-state index is 13.8. The number of amides is 3. The molecule has 0 bridgehead atoms. The second kappa shape index (κ2) is 12.4. The van der Waals surface area contributed by atoms with Gasteiger partial charge in [0, 0.05) is 11.1 Å². The smallest absolute Gasteiger partial charge is 0.409 e. The first-order valence-electron chi connectivity index (χ1n) is 12.3. The Morgan fingerprint density at radius 2 is 1.66 bits per heavy atom. The standard InChI is InChI=1S/C29H28N4O5/c1-2-22(18-34)30-25(35)17-33-24-16-10-9-15-23(24)26(21-13-7-4-8-14-21)31-27(28(33)36)32-29(37)38-19-20-11-5-3-6-12-20/h3-16,18,22,27H,2,17,19H2,1H3,(H,30,35)(H,32,37)/t22-,27?/m0/s1. The quantitative estimate of drug-likeness (QED) is 0.427. The molecule has 4 rings (SSSR count). The van der Waals surface area contributed by atoms with Crippen molar-refractivity contribution >= 4 is 35.6 Å². The number of nitrogens with one attached hydrogen (secondary N) is 2. The minimum atomic E-state index is -1.36. The number of carbonyl (C=O) groups is 4. The normalized spacial score (nSPS) is 15.4. The molecule has 1 aliphatic rings. The lowest BCUT2D eigenvalue weighted by atomic mass is 10.0. The van der Waals surface area contributed by atoms with Crippen molar-refractivity contribution in [3.8, 4) is 0 Å². The van der Waals surface area contributed by atoms with Gasteiger partial charge in [0.1, 0.15) is 19.4 Å². The predicted octanol–water partition coefficient (Wildman–Crippen LogP) is 3.22. The zero-order chi connectivity index (χ0) is 26.9. The maximum atomic E-state index is 13.8. The molecule has 0 aliphatic carbocycles.